The number of halogens is 3. The molecule has 0 bridgehead atoms. The van der Waals surface area contributed by atoms with E-state index in [0.29, 0.717) is 35.8 Å². The lowest BCUT2D eigenvalue weighted by Crippen LogP contribution is -2.15. The van der Waals surface area contributed by atoms with Gasteiger partial charge in [-0.1, -0.05) is 57.4 Å². The minimum absolute atomic E-state index is 0.0558. The van der Waals surface area contributed by atoms with Gasteiger partial charge in [-0.15, -0.1) is 0 Å². The van der Waals surface area contributed by atoms with E-state index in [2.05, 4.69) is 13.0 Å². The highest BCUT2D eigenvalue weighted by Gasteiger charge is 2.23. The van der Waals surface area contributed by atoms with E-state index in [1.54, 1.807) is 18.2 Å². The summed E-state index contributed by atoms with van der Waals surface area (Å²) in [5.41, 5.74) is 2.94. The van der Waals surface area contributed by atoms with Crippen LogP contribution in [0.4, 0.5) is 13.2 Å². The van der Waals surface area contributed by atoms with Crippen molar-refractivity contribution in [2.75, 3.05) is 0 Å². The van der Waals surface area contributed by atoms with Crippen LogP contribution >= 0.6 is 0 Å². The summed E-state index contributed by atoms with van der Waals surface area (Å²) in [7, 11) is 0. The van der Waals surface area contributed by atoms with Crippen LogP contribution in [0.2, 0.25) is 0 Å². The van der Waals surface area contributed by atoms with Crippen molar-refractivity contribution in [3.8, 4) is 0 Å². The first kappa shape index (κ1) is 23.9. The number of aryl methyl sites for hydroxylation is 3. The number of unbranched alkanes of at least 4 members (excludes halogenated alkanes) is 2. The molecule has 0 N–H and O–H groups in total. The lowest BCUT2D eigenvalue weighted by molar-refractivity contribution is 0.308. The zero-order chi connectivity index (χ0) is 22.2. The quantitative estimate of drug-likeness (QED) is 0.331. The normalized spacial score (nSPS) is 19.0. The highest BCUT2D eigenvalue weighted by Crippen LogP contribution is 2.38. The standard InChI is InChI=1S/C28H37F3/c1-3-5-6-8-22-15-18-25(19-26(22)29)21-12-9-20(10-13-21)11-14-24-17-16-23(7-4-2)27(30)28(24)31/h15-21H,3-14H2,1-2H3. The Morgan fingerprint density at radius 3 is 1.97 bits per heavy atom. The Morgan fingerprint density at radius 1 is 0.710 bits per heavy atom. The molecule has 0 unspecified atom stereocenters. The van der Waals surface area contributed by atoms with Crippen molar-refractivity contribution in [2.24, 2.45) is 5.92 Å². The second-order valence-electron chi connectivity index (χ2n) is 9.33. The number of hydrogen-bond acceptors (Lipinski definition) is 0. The maximum Gasteiger partial charge on any atom is 0.162 e. The van der Waals surface area contributed by atoms with Crippen LogP contribution in [-0.2, 0) is 19.3 Å². The molecule has 0 atom stereocenters. The minimum atomic E-state index is -0.664. The van der Waals surface area contributed by atoms with Crippen LogP contribution < -0.4 is 0 Å². The average Bonchev–Trinajstić information content (AvgIpc) is 2.78. The Balaban J connectivity index is 1.50. The molecule has 0 radical (unpaired) electrons. The fourth-order valence-corrected chi connectivity index (χ4v) is 5.01. The molecular formula is C28H37F3. The molecule has 1 fully saturated rings. The second-order valence-corrected chi connectivity index (χ2v) is 9.33. The Hall–Kier alpha value is -1.77. The first-order valence-corrected chi connectivity index (χ1v) is 12.3. The lowest BCUT2D eigenvalue weighted by Gasteiger charge is -2.29. The van der Waals surface area contributed by atoms with E-state index in [1.807, 2.05) is 13.0 Å². The summed E-state index contributed by atoms with van der Waals surface area (Å²) < 4.78 is 43.1. The fourth-order valence-electron chi connectivity index (χ4n) is 5.01. The predicted octanol–water partition coefficient (Wildman–Crippen LogP) is 8.70. The molecule has 3 rings (SSSR count). The first-order valence-electron chi connectivity index (χ1n) is 12.3. The highest BCUT2D eigenvalue weighted by molar-refractivity contribution is 5.28. The predicted molar refractivity (Wildman–Crippen MR) is 123 cm³/mol. The van der Waals surface area contributed by atoms with Crippen LogP contribution in [0.3, 0.4) is 0 Å². The zero-order valence-corrected chi connectivity index (χ0v) is 19.2. The van der Waals surface area contributed by atoms with E-state index in [1.165, 1.54) is 0 Å². The van der Waals surface area contributed by atoms with E-state index in [4.69, 9.17) is 0 Å². The molecule has 0 aliphatic heterocycles. The second kappa shape index (κ2) is 11.7. The first-order chi connectivity index (χ1) is 15.0. The van der Waals surface area contributed by atoms with Crippen LogP contribution in [0.1, 0.15) is 99.8 Å². The van der Waals surface area contributed by atoms with Gasteiger partial charge in [-0.25, -0.2) is 13.2 Å². The Kier molecular flexibility index (Phi) is 9.04. The average molecular weight is 431 g/mol. The van der Waals surface area contributed by atoms with E-state index in [9.17, 15) is 13.2 Å². The van der Waals surface area contributed by atoms with Crippen molar-refractivity contribution in [3.05, 3.63) is 70.0 Å². The van der Waals surface area contributed by atoms with Crippen LogP contribution in [0.5, 0.6) is 0 Å². The van der Waals surface area contributed by atoms with Crippen molar-refractivity contribution in [3.63, 3.8) is 0 Å². The Morgan fingerprint density at radius 2 is 1.35 bits per heavy atom. The van der Waals surface area contributed by atoms with Crippen LogP contribution in [0.25, 0.3) is 0 Å². The van der Waals surface area contributed by atoms with Crippen LogP contribution in [0, 0.1) is 23.4 Å². The van der Waals surface area contributed by atoms with Gasteiger partial charge in [0, 0.05) is 0 Å². The molecule has 0 amide bonds. The van der Waals surface area contributed by atoms with Gasteiger partial charge in [0.05, 0.1) is 0 Å². The number of hydrogen-bond donors (Lipinski definition) is 0. The van der Waals surface area contributed by atoms with Gasteiger partial charge in [0.2, 0.25) is 0 Å². The molecule has 0 spiro atoms. The van der Waals surface area contributed by atoms with Crippen molar-refractivity contribution in [1.29, 1.82) is 0 Å². The molecule has 1 aliphatic rings. The SMILES string of the molecule is CCCCCc1ccc(C2CCC(CCc3ccc(CCC)c(F)c3F)CC2)cc1F. The smallest absolute Gasteiger partial charge is 0.162 e. The van der Waals surface area contributed by atoms with Gasteiger partial charge in [-0.3, -0.25) is 0 Å². The lowest BCUT2D eigenvalue weighted by atomic mass is 9.76. The molecule has 1 aliphatic carbocycles. The maximum absolute atomic E-state index is 14.5. The van der Waals surface area contributed by atoms with E-state index < -0.39 is 11.6 Å². The van der Waals surface area contributed by atoms with Crippen LogP contribution in [0.15, 0.2) is 30.3 Å². The molecule has 0 nitrogen and oxygen atoms in total. The summed E-state index contributed by atoms with van der Waals surface area (Å²) >= 11 is 0. The van der Waals surface area contributed by atoms with Gasteiger partial charge in [-0.2, -0.15) is 0 Å². The third-order valence-corrected chi connectivity index (χ3v) is 7.03. The molecule has 2 aromatic rings. The topological polar surface area (TPSA) is 0 Å². The molecule has 2 aromatic carbocycles. The molecule has 1 saturated carbocycles. The fraction of sp³-hybridized carbons (Fsp3) is 0.571. The molecule has 3 heteroatoms. The highest BCUT2D eigenvalue weighted by atomic mass is 19.2. The van der Waals surface area contributed by atoms with E-state index >= 15 is 0 Å². The summed E-state index contributed by atoms with van der Waals surface area (Å²) in [5, 5.41) is 0. The van der Waals surface area contributed by atoms with Crippen molar-refractivity contribution < 1.29 is 13.2 Å². The number of benzene rings is 2. The van der Waals surface area contributed by atoms with Crippen molar-refractivity contribution in [1.82, 2.24) is 0 Å². The molecular weight excluding hydrogens is 393 g/mol. The summed E-state index contributed by atoms with van der Waals surface area (Å²) in [6.45, 7) is 4.13. The number of rotatable bonds is 10. The Bertz CT molecular complexity index is 834. The van der Waals surface area contributed by atoms with E-state index in [0.717, 1.165) is 75.3 Å². The summed E-state index contributed by atoms with van der Waals surface area (Å²) in [6.07, 6.45) is 11.3. The molecule has 31 heavy (non-hydrogen) atoms. The summed E-state index contributed by atoms with van der Waals surface area (Å²) in [5.74, 6) is -0.428. The zero-order valence-electron chi connectivity index (χ0n) is 19.2. The van der Waals surface area contributed by atoms with Crippen molar-refractivity contribution >= 4 is 0 Å². The summed E-state index contributed by atoms with van der Waals surface area (Å²) in [4.78, 5) is 0. The maximum atomic E-state index is 14.5. The van der Waals surface area contributed by atoms with Gasteiger partial charge in [0.15, 0.2) is 11.6 Å². The molecule has 0 heterocycles. The van der Waals surface area contributed by atoms with Gasteiger partial charge in [-0.05, 0) is 97.9 Å². The summed E-state index contributed by atoms with van der Waals surface area (Å²) in [6, 6.07) is 9.36. The minimum Gasteiger partial charge on any atom is -0.207 e. The third-order valence-electron chi connectivity index (χ3n) is 7.03. The Labute approximate surface area is 186 Å². The molecule has 0 saturated heterocycles. The monoisotopic (exact) mass is 430 g/mol. The van der Waals surface area contributed by atoms with Gasteiger partial charge < -0.3 is 0 Å². The van der Waals surface area contributed by atoms with E-state index in [-0.39, 0.29) is 5.82 Å². The van der Waals surface area contributed by atoms with Gasteiger partial charge in [0.25, 0.3) is 0 Å². The van der Waals surface area contributed by atoms with Gasteiger partial charge >= 0.3 is 0 Å². The van der Waals surface area contributed by atoms with Crippen LogP contribution in [-0.4, -0.2) is 0 Å². The molecule has 0 aromatic heterocycles. The van der Waals surface area contributed by atoms with Crippen molar-refractivity contribution in [2.45, 2.75) is 96.8 Å². The third kappa shape index (κ3) is 6.37. The molecule has 170 valence electrons. The van der Waals surface area contributed by atoms with Gasteiger partial charge in [0.1, 0.15) is 5.82 Å². The largest absolute Gasteiger partial charge is 0.207 e.